The highest BCUT2D eigenvalue weighted by molar-refractivity contribution is 7.89. The van der Waals surface area contributed by atoms with Crippen LogP contribution in [0.2, 0.25) is 0 Å². The lowest BCUT2D eigenvalue weighted by atomic mass is 10.2. The van der Waals surface area contributed by atoms with Crippen molar-refractivity contribution in [1.29, 1.82) is 0 Å². The Balaban J connectivity index is 2.11. The Labute approximate surface area is 136 Å². The first-order valence-electron chi connectivity index (χ1n) is 7.22. The van der Waals surface area contributed by atoms with E-state index in [0.717, 1.165) is 5.56 Å². The molecule has 0 saturated heterocycles. The summed E-state index contributed by atoms with van der Waals surface area (Å²) in [5, 5.41) is 0. The summed E-state index contributed by atoms with van der Waals surface area (Å²) in [6.45, 7) is 3.60. The maximum Gasteiger partial charge on any atom is 0.338 e. The third-order valence-electron chi connectivity index (χ3n) is 2.98. The predicted octanol–water partition coefficient (Wildman–Crippen LogP) is 2.73. The molecule has 1 N–H and O–H groups in total. The second kappa shape index (κ2) is 7.39. The molecule has 23 heavy (non-hydrogen) atoms. The van der Waals surface area contributed by atoms with E-state index in [1.165, 1.54) is 24.3 Å². The summed E-state index contributed by atoms with van der Waals surface area (Å²) in [7, 11) is -3.64. The Kier molecular flexibility index (Phi) is 5.52. The summed E-state index contributed by atoms with van der Waals surface area (Å²) in [5.74, 6) is -0.560. The van der Waals surface area contributed by atoms with Crippen LogP contribution in [-0.4, -0.2) is 20.4 Å². The van der Waals surface area contributed by atoms with Crippen molar-refractivity contribution < 1.29 is 17.9 Å². The van der Waals surface area contributed by atoms with Gasteiger partial charge in [0.15, 0.2) is 0 Å². The minimum atomic E-state index is -3.64. The first-order valence-corrected chi connectivity index (χ1v) is 8.70. The van der Waals surface area contributed by atoms with Crippen molar-refractivity contribution in [2.75, 3.05) is 0 Å². The molecular weight excluding hydrogens is 314 g/mol. The number of rotatable bonds is 6. The minimum Gasteiger partial charge on any atom is -0.457 e. The average Bonchev–Trinajstić information content (AvgIpc) is 2.52. The lowest BCUT2D eigenvalue weighted by Crippen LogP contribution is -2.30. The molecule has 0 atom stereocenters. The summed E-state index contributed by atoms with van der Waals surface area (Å²) in [5.41, 5.74) is 1.07. The lowest BCUT2D eigenvalue weighted by molar-refractivity contribution is 0.0472. The van der Waals surface area contributed by atoms with E-state index in [1.807, 2.05) is 30.3 Å². The number of hydrogen-bond acceptors (Lipinski definition) is 4. The van der Waals surface area contributed by atoms with E-state index in [0.29, 0.717) is 0 Å². The smallest absolute Gasteiger partial charge is 0.338 e. The van der Waals surface area contributed by atoms with Gasteiger partial charge >= 0.3 is 5.97 Å². The van der Waals surface area contributed by atoms with Crippen molar-refractivity contribution in [2.45, 2.75) is 31.4 Å². The normalized spacial score (nSPS) is 11.4. The van der Waals surface area contributed by atoms with Gasteiger partial charge in [0.05, 0.1) is 10.5 Å². The summed E-state index contributed by atoms with van der Waals surface area (Å²) in [4.78, 5) is 12.1. The van der Waals surface area contributed by atoms with Gasteiger partial charge in [0.1, 0.15) is 6.61 Å². The van der Waals surface area contributed by atoms with Gasteiger partial charge in [-0.2, -0.15) is 0 Å². The van der Waals surface area contributed by atoms with E-state index >= 15 is 0 Å². The molecule has 0 radical (unpaired) electrons. The highest BCUT2D eigenvalue weighted by Crippen LogP contribution is 2.14. The molecule has 2 aromatic carbocycles. The average molecular weight is 333 g/mol. The zero-order chi connectivity index (χ0) is 16.9. The zero-order valence-electron chi connectivity index (χ0n) is 13.0. The van der Waals surface area contributed by atoms with Crippen LogP contribution in [0.4, 0.5) is 0 Å². The van der Waals surface area contributed by atoms with Crippen LogP contribution in [0.25, 0.3) is 0 Å². The van der Waals surface area contributed by atoms with Gasteiger partial charge in [-0.25, -0.2) is 17.9 Å². The number of benzene rings is 2. The van der Waals surface area contributed by atoms with Crippen LogP contribution < -0.4 is 4.72 Å². The van der Waals surface area contributed by atoms with Crippen LogP contribution >= 0.6 is 0 Å². The molecule has 122 valence electrons. The molecule has 2 rings (SSSR count). The molecule has 0 amide bonds. The van der Waals surface area contributed by atoms with Crippen LogP contribution in [0.1, 0.15) is 29.8 Å². The summed E-state index contributed by atoms with van der Waals surface area (Å²) in [6, 6.07) is 14.9. The third kappa shape index (κ3) is 4.91. The molecule has 0 heterocycles. The quantitative estimate of drug-likeness (QED) is 0.825. The summed E-state index contributed by atoms with van der Waals surface area (Å²) in [6.07, 6.45) is 0. The number of esters is 1. The van der Waals surface area contributed by atoms with Crippen molar-refractivity contribution in [3.63, 3.8) is 0 Å². The highest BCUT2D eigenvalue weighted by atomic mass is 32.2. The van der Waals surface area contributed by atoms with Crippen LogP contribution in [0.5, 0.6) is 0 Å². The molecule has 0 spiro atoms. The standard InChI is InChI=1S/C17H19NO4S/c1-13(2)18-23(20,21)16-10-6-9-15(11-16)17(19)22-12-14-7-4-3-5-8-14/h3-11,13,18H,12H2,1-2H3. The fourth-order valence-electron chi connectivity index (χ4n) is 1.98. The summed E-state index contributed by atoms with van der Waals surface area (Å²) >= 11 is 0. The molecular formula is C17H19NO4S. The molecule has 0 aromatic heterocycles. The van der Waals surface area contributed by atoms with Gasteiger partial charge < -0.3 is 4.74 Å². The van der Waals surface area contributed by atoms with Gasteiger partial charge in [0.2, 0.25) is 10.0 Å². The van der Waals surface area contributed by atoms with Crippen molar-refractivity contribution in [3.05, 3.63) is 65.7 Å². The van der Waals surface area contributed by atoms with E-state index < -0.39 is 16.0 Å². The molecule has 0 aliphatic heterocycles. The van der Waals surface area contributed by atoms with Gasteiger partial charge in [-0.05, 0) is 37.6 Å². The van der Waals surface area contributed by atoms with Gasteiger partial charge in [-0.15, -0.1) is 0 Å². The molecule has 6 heteroatoms. The summed E-state index contributed by atoms with van der Waals surface area (Å²) < 4.78 is 32.0. The molecule has 0 unspecified atom stereocenters. The third-order valence-corrected chi connectivity index (χ3v) is 4.64. The van der Waals surface area contributed by atoms with Crippen molar-refractivity contribution in [1.82, 2.24) is 4.72 Å². The van der Waals surface area contributed by atoms with Gasteiger partial charge in [0.25, 0.3) is 0 Å². The Morgan fingerprint density at radius 2 is 1.78 bits per heavy atom. The fourth-order valence-corrected chi connectivity index (χ4v) is 3.27. The first kappa shape index (κ1) is 17.2. The second-order valence-electron chi connectivity index (χ2n) is 5.37. The van der Waals surface area contributed by atoms with E-state index in [9.17, 15) is 13.2 Å². The Morgan fingerprint density at radius 1 is 1.09 bits per heavy atom. The van der Waals surface area contributed by atoms with Gasteiger partial charge in [-0.1, -0.05) is 36.4 Å². The van der Waals surface area contributed by atoms with Crippen molar-refractivity contribution >= 4 is 16.0 Å². The predicted molar refractivity (Wildman–Crippen MR) is 87.5 cm³/mol. The number of carbonyl (C=O) groups excluding carboxylic acids is 1. The Morgan fingerprint density at radius 3 is 2.43 bits per heavy atom. The topological polar surface area (TPSA) is 72.5 Å². The molecule has 2 aromatic rings. The van der Waals surface area contributed by atoms with Crippen LogP contribution in [0.3, 0.4) is 0 Å². The Bertz CT molecular complexity index is 770. The van der Waals surface area contributed by atoms with Crippen molar-refractivity contribution in [3.8, 4) is 0 Å². The maximum absolute atomic E-state index is 12.1. The number of ether oxygens (including phenoxy) is 1. The van der Waals surface area contributed by atoms with Crippen LogP contribution in [0.15, 0.2) is 59.5 Å². The maximum atomic E-state index is 12.1. The Hall–Kier alpha value is -2.18. The second-order valence-corrected chi connectivity index (χ2v) is 7.08. The number of sulfonamides is 1. The van der Waals surface area contributed by atoms with Gasteiger partial charge in [-0.3, -0.25) is 0 Å². The molecule has 5 nitrogen and oxygen atoms in total. The van der Waals surface area contributed by atoms with Gasteiger partial charge in [0, 0.05) is 6.04 Å². The monoisotopic (exact) mass is 333 g/mol. The van der Waals surface area contributed by atoms with Crippen LogP contribution in [-0.2, 0) is 21.4 Å². The SMILES string of the molecule is CC(C)NS(=O)(=O)c1cccc(C(=O)OCc2ccccc2)c1. The molecule has 0 fully saturated rings. The highest BCUT2D eigenvalue weighted by Gasteiger charge is 2.17. The molecule has 0 aliphatic rings. The van der Waals surface area contributed by atoms with E-state index in [4.69, 9.17) is 4.74 Å². The van der Waals surface area contributed by atoms with Crippen LogP contribution in [0, 0.1) is 0 Å². The number of nitrogens with one attached hydrogen (secondary N) is 1. The lowest BCUT2D eigenvalue weighted by Gasteiger charge is -2.10. The largest absolute Gasteiger partial charge is 0.457 e. The number of hydrogen-bond donors (Lipinski definition) is 1. The minimum absolute atomic E-state index is 0.0420. The van der Waals surface area contributed by atoms with E-state index in [1.54, 1.807) is 13.8 Å². The molecule has 0 bridgehead atoms. The van der Waals surface area contributed by atoms with E-state index in [2.05, 4.69) is 4.72 Å². The van der Waals surface area contributed by atoms with Crippen molar-refractivity contribution in [2.24, 2.45) is 0 Å². The molecule has 0 saturated carbocycles. The number of carbonyl (C=O) groups is 1. The molecule has 0 aliphatic carbocycles. The fraction of sp³-hybridized carbons (Fsp3) is 0.235. The first-order chi connectivity index (χ1) is 10.9. The van der Waals surface area contributed by atoms with E-state index in [-0.39, 0.29) is 23.1 Å². The zero-order valence-corrected chi connectivity index (χ0v) is 13.8.